The molecule has 0 unspecified atom stereocenters. The van der Waals surface area contributed by atoms with Gasteiger partial charge in [0.2, 0.25) is 0 Å². The fourth-order valence-corrected chi connectivity index (χ4v) is 3.88. The molecule has 0 spiro atoms. The number of benzene rings is 2. The molecular formula is C24H22F2N4O6S. The number of sulfone groups is 1. The number of para-hydroxylation sites is 1. The number of carbonyl (C=O) groups is 2. The summed E-state index contributed by atoms with van der Waals surface area (Å²) in [5.41, 5.74) is 1.82. The van der Waals surface area contributed by atoms with Crippen LogP contribution in [0.4, 0.5) is 20.2 Å². The largest absolute Gasteiger partial charge is 0.586 e. The van der Waals surface area contributed by atoms with Crippen molar-refractivity contribution < 1.29 is 36.3 Å². The van der Waals surface area contributed by atoms with Crippen molar-refractivity contribution in [2.24, 2.45) is 0 Å². The maximum atomic E-state index is 13.3. The van der Waals surface area contributed by atoms with Crippen molar-refractivity contribution in [3.63, 3.8) is 0 Å². The number of nitrogens with zero attached hydrogens (tertiary/aromatic N) is 1. The van der Waals surface area contributed by atoms with Gasteiger partial charge in [-0.15, -0.1) is 8.78 Å². The van der Waals surface area contributed by atoms with E-state index in [0.717, 1.165) is 6.26 Å². The monoisotopic (exact) mass is 532 g/mol. The van der Waals surface area contributed by atoms with Crippen LogP contribution in [0.3, 0.4) is 0 Å². The molecule has 2 aromatic carbocycles. The van der Waals surface area contributed by atoms with Gasteiger partial charge >= 0.3 is 6.29 Å². The number of amides is 2. The van der Waals surface area contributed by atoms with Gasteiger partial charge in [-0.1, -0.05) is 12.1 Å². The molecule has 10 nitrogen and oxygen atoms in total. The molecule has 3 N–H and O–H groups in total. The number of hydrogen-bond donors (Lipinski definition) is 3. The van der Waals surface area contributed by atoms with Crippen molar-refractivity contribution in [3.8, 4) is 11.5 Å². The van der Waals surface area contributed by atoms with E-state index in [1.807, 2.05) is 0 Å². The summed E-state index contributed by atoms with van der Waals surface area (Å²) in [6.45, 7) is 0.214. The second-order valence-electron chi connectivity index (χ2n) is 8.12. The van der Waals surface area contributed by atoms with Crippen LogP contribution in [0.5, 0.6) is 11.5 Å². The van der Waals surface area contributed by atoms with Gasteiger partial charge in [0.05, 0.1) is 11.3 Å². The number of anilines is 2. The molecule has 1 aromatic heterocycles. The number of aromatic nitrogens is 1. The first-order chi connectivity index (χ1) is 17.5. The number of ether oxygens (including phenoxy) is 2. The topological polar surface area (TPSA) is 136 Å². The van der Waals surface area contributed by atoms with E-state index in [4.69, 9.17) is 0 Å². The molecule has 3 aromatic rings. The maximum absolute atomic E-state index is 13.3. The number of halogens is 2. The third-order valence-electron chi connectivity index (χ3n) is 5.13. The average Bonchev–Trinajstić information content (AvgIpc) is 3.15. The van der Waals surface area contributed by atoms with Crippen LogP contribution in [-0.4, -0.2) is 50.1 Å². The summed E-state index contributed by atoms with van der Waals surface area (Å²) in [6, 6.07) is 13.8. The van der Waals surface area contributed by atoms with Gasteiger partial charge in [0.15, 0.2) is 11.5 Å². The standard InChI is InChI=1S/C24H22F2N4O6S/c1-37(33,34)11-10-28-23(32)19-12-15(8-9-27-19)14-29-18-5-3-2-4-17(18)22(31)30-16-6-7-20-21(13-16)36-24(25,26)35-20/h2-9,12-13,29H,10-11,14H2,1H3,(H,28,32)(H,30,31). The first kappa shape index (κ1) is 25.8. The van der Waals surface area contributed by atoms with Crippen LogP contribution in [0, 0.1) is 0 Å². The summed E-state index contributed by atoms with van der Waals surface area (Å²) in [7, 11) is -3.21. The van der Waals surface area contributed by atoms with Gasteiger partial charge in [-0.05, 0) is 42.0 Å². The molecule has 0 saturated carbocycles. The third-order valence-corrected chi connectivity index (χ3v) is 6.07. The molecule has 1 aliphatic rings. The summed E-state index contributed by atoms with van der Waals surface area (Å²) in [5.74, 6) is -1.51. The highest BCUT2D eigenvalue weighted by atomic mass is 32.2. The molecular weight excluding hydrogens is 510 g/mol. The first-order valence-electron chi connectivity index (χ1n) is 10.9. The Bertz CT molecular complexity index is 1450. The molecule has 0 atom stereocenters. The van der Waals surface area contributed by atoms with E-state index in [9.17, 15) is 26.8 Å². The number of carbonyl (C=O) groups excluding carboxylic acids is 2. The summed E-state index contributed by atoms with van der Waals surface area (Å²) in [5, 5.41) is 8.29. The average molecular weight is 533 g/mol. The van der Waals surface area contributed by atoms with Gasteiger partial charge in [0, 0.05) is 43.0 Å². The number of alkyl halides is 2. The lowest BCUT2D eigenvalue weighted by molar-refractivity contribution is -0.286. The molecule has 0 bridgehead atoms. The van der Waals surface area contributed by atoms with Crippen LogP contribution in [0.15, 0.2) is 60.8 Å². The van der Waals surface area contributed by atoms with Gasteiger partial charge in [-0.3, -0.25) is 14.6 Å². The normalized spacial score (nSPS) is 13.6. The number of rotatable bonds is 9. The van der Waals surface area contributed by atoms with Crippen molar-refractivity contribution in [2.45, 2.75) is 12.8 Å². The summed E-state index contributed by atoms with van der Waals surface area (Å²) in [4.78, 5) is 29.2. The molecule has 1 aliphatic heterocycles. The predicted octanol–water partition coefficient (Wildman–Crippen LogP) is 3.04. The Balaban J connectivity index is 1.40. The van der Waals surface area contributed by atoms with Gasteiger partial charge in [0.25, 0.3) is 11.8 Å². The zero-order valence-corrected chi connectivity index (χ0v) is 20.3. The summed E-state index contributed by atoms with van der Waals surface area (Å²) in [6.07, 6.45) is -1.23. The smallest absolute Gasteiger partial charge is 0.395 e. The Hall–Kier alpha value is -4.26. The molecule has 2 heterocycles. The Morgan fingerprint density at radius 3 is 2.54 bits per heavy atom. The van der Waals surface area contributed by atoms with E-state index in [-0.39, 0.29) is 41.7 Å². The van der Waals surface area contributed by atoms with Gasteiger partial charge < -0.3 is 25.4 Å². The number of nitrogens with one attached hydrogen (secondary N) is 3. The van der Waals surface area contributed by atoms with Crippen molar-refractivity contribution in [1.82, 2.24) is 10.3 Å². The summed E-state index contributed by atoms with van der Waals surface area (Å²) >= 11 is 0. The number of hydrogen-bond acceptors (Lipinski definition) is 8. The highest BCUT2D eigenvalue weighted by Gasteiger charge is 2.43. The molecule has 0 aliphatic carbocycles. The lowest BCUT2D eigenvalue weighted by atomic mass is 10.1. The fraction of sp³-hybridized carbons (Fsp3) is 0.208. The minimum atomic E-state index is -3.76. The van der Waals surface area contributed by atoms with Crippen molar-refractivity contribution >= 4 is 33.0 Å². The second-order valence-corrected chi connectivity index (χ2v) is 10.4. The molecule has 13 heteroatoms. The fourth-order valence-electron chi connectivity index (χ4n) is 3.41. The molecule has 4 rings (SSSR count). The lowest BCUT2D eigenvalue weighted by Crippen LogP contribution is -2.29. The summed E-state index contributed by atoms with van der Waals surface area (Å²) < 4.78 is 57.7. The zero-order chi connectivity index (χ0) is 26.6. The molecule has 0 radical (unpaired) electrons. The molecule has 0 fully saturated rings. The van der Waals surface area contributed by atoms with Gasteiger partial charge in [0.1, 0.15) is 15.5 Å². The van der Waals surface area contributed by atoms with Gasteiger partial charge in [-0.2, -0.15) is 0 Å². The van der Waals surface area contributed by atoms with E-state index < -0.39 is 27.9 Å². The van der Waals surface area contributed by atoms with Crippen LogP contribution in [0.1, 0.15) is 26.4 Å². The van der Waals surface area contributed by atoms with Crippen LogP contribution in [-0.2, 0) is 16.4 Å². The van der Waals surface area contributed by atoms with Crippen LogP contribution >= 0.6 is 0 Å². The van der Waals surface area contributed by atoms with E-state index in [0.29, 0.717) is 16.8 Å². The zero-order valence-electron chi connectivity index (χ0n) is 19.5. The molecule has 194 valence electrons. The lowest BCUT2D eigenvalue weighted by Gasteiger charge is -2.13. The Labute approximate surface area is 210 Å². The van der Waals surface area contributed by atoms with Crippen molar-refractivity contribution in [1.29, 1.82) is 0 Å². The van der Waals surface area contributed by atoms with E-state index in [2.05, 4.69) is 30.4 Å². The Morgan fingerprint density at radius 2 is 1.76 bits per heavy atom. The first-order valence-corrected chi connectivity index (χ1v) is 13.0. The van der Waals surface area contributed by atoms with E-state index in [1.54, 1.807) is 36.4 Å². The Kier molecular flexibility index (Phi) is 7.25. The van der Waals surface area contributed by atoms with Crippen LogP contribution < -0.4 is 25.4 Å². The minimum absolute atomic E-state index is 0.0316. The van der Waals surface area contributed by atoms with Crippen LogP contribution in [0.2, 0.25) is 0 Å². The molecule has 0 saturated heterocycles. The third kappa shape index (κ3) is 6.91. The predicted molar refractivity (Wildman–Crippen MR) is 131 cm³/mol. The highest BCUT2D eigenvalue weighted by molar-refractivity contribution is 7.90. The second kappa shape index (κ2) is 10.4. The van der Waals surface area contributed by atoms with Gasteiger partial charge in [-0.25, -0.2) is 8.42 Å². The molecule has 2 amide bonds. The van der Waals surface area contributed by atoms with Crippen molar-refractivity contribution in [2.75, 3.05) is 29.2 Å². The minimum Gasteiger partial charge on any atom is -0.395 e. The number of fused-ring (bicyclic) bond motifs is 1. The van der Waals surface area contributed by atoms with E-state index >= 15 is 0 Å². The quantitative estimate of drug-likeness (QED) is 0.383. The van der Waals surface area contributed by atoms with Crippen LogP contribution in [0.25, 0.3) is 0 Å². The van der Waals surface area contributed by atoms with Crippen molar-refractivity contribution in [3.05, 3.63) is 77.6 Å². The maximum Gasteiger partial charge on any atom is 0.586 e. The highest BCUT2D eigenvalue weighted by Crippen LogP contribution is 2.42. The number of pyridine rings is 1. The molecule has 37 heavy (non-hydrogen) atoms. The SMILES string of the molecule is CS(=O)(=O)CCNC(=O)c1cc(CNc2ccccc2C(=O)Nc2ccc3c(c2)OC(F)(F)O3)ccn1. The Morgan fingerprint density at radius 1 is 1.00 bits per heavy atom. The van der Waals surface area contributed by atoms with E-state index in [1.165, 1.54) is 24.4 Å².